The number of amides is 2. The maximum Gasteiger partial charge on any atom is 0.349 e. The number of ether oxygens (including phenoxy) is 1. The van der Waals surface area contributed by atoms with Crippen molar-refractivity contribution in [2.45, 2.75) is 6.54 Å². The minimum absolute atomic E-state index is 0.0520. The van der Waals surface area contributed by atoms with Gasteiger partial charge in [-0.25, -0.2) is 9.78 Å². The largest absolute Gasteiger partial charge is 0.497 e. The highest BCUT2D eigenvalue weighted by atomic mass is 79.9. The molecule has 9 heteroatoms. The van der Waals surface area contributed by atoms with Gasteiger partial charge in [-0.05, 0) is 34.2 Å². The van der Waals surface area contributed by atoms with Gasteiger partial charge < -0.3 is 15.0 Å². The van der Waals surface area contributed by atoms with Gasteiger partial charge in [0.1, 0.15) is 16.1 Å². The van der Waals surface area contributed by atoms with Gasteiger partial charge in [0.05, 0.1) is 20.0 Å². The van der Waals surface area contributed by atoms with Gasteiger partial charge in [0, 0.05) is 18.6 Å². The first kappa shape index (κ1) is 20.1. The number of halogens is 1. The van der Waals surface area contributed by atoms with Crippen LogP contribution in [0.4, 0.5) is 4.79 Å². The highest BCUT2D eigenvalue weighted by Crippen LogP contribution is 2.05. The molecule has 8 nitrogen and oxygen atoms in total. The second-order valence-electron chi connectivity index (χ2n) is 4.35. The Kier molecular flexibility index (Phi) is 8.66. The number of aliphatic imine (C=N–C) groups is 1. The summed E-state index contributed by atoms with van der Waals surface area (Å²) in [5, 5.41) is 2.70. The summed E-state index contributed by atoms with van der Waals surface area (Å²) in [7, 11) is 1.53. The van der Waals surface area contributed by atoms with E-state index in [1.54, 1.807) is 24.4 Å². The van der Waals surface area contributed by atoms with Crippen molar-refractivity contribution in [3.05, 3.63) is 76.4 Å². The van der Waals surface area contributed by atoms with E-state index in [2.05, 4.69) is 49.4 Å². The number of carbonyl (C=O) groups is 1. The number of rotatable bonds is 8. The number of hydrogen-bond acceptors (Lipinski definition) is 4. The third kappa shape index (κ3) is 7.00. The minimum atomic E-state index is -0.601. The van der Waals surface area contributed by atoms with Crippen LogP contribution in [-0.2, 0) is 11.3 Å². The van der Waals surface area contributed by atoms with Gasteiger partial charge in [0.25, 0.3) is 5.56 Å². The lowest BCUT2D eigenvalue weighted by atomic mass is 10.4. The smallest absolute Gasteiger partial charge is 0.349 e. The van der Waals surface area contributed by atoms with Crippen molar-refractivity contribution in [1.82, 2.24) is 20.2 Å². The number of methoxy groups -OCH3 is 1. The van der Waals surface area contributed by atoms with Crippen LogP contribution in [0.3, 0.4) is 0 Å². The number of allylic oxidation sites excluding steroid dienone is 3. The Morgan fingerprint density at radius 2 is 2.32 bits per heavy atom. The van der Waals surface area contributed by atoms with Gasteiger partial charge in [-0.2, -0.15) is 4.99 Å². The Hall–Kier alpha value is -2.94. The number of aromatic nitrogens is 2. The summed E-state index contributed by atoms with van der Waals surface area (Å²) in [4.78, 5) is 35.1. The highest BCUT2D eigenvalue weighted by molar-refractivity contribution is 9.10. The standard InChI is InChI=1S/C16H18BrN5O3/c1-4-12(25-3)7-6-8-18-11-20-16(24)22(5-2)10-13-15(23)19-9-14(17)21-13/h4-9,11H,1-2,10H2,3H3,(H,19,23)(H,18,20,24)/b8-6+,12-7+. The highest BCUT2D eigenvalue weighted by Gasteiger charge is 2.12. The van der Waals surface area contributed by atoms with E-state index in [9.17, 15) is 9.59 Å². The number of nitrogens with zero attached hydrogens (tertiary/aromatic N) is 3. The molecule has 0 saturated heterocycles. The lowest BCUT2D eigenvalue weighted by Gasteiger charge is -2.13. The molecule has 0 radical (unpaired) electrons. The van der Waals surface area contributed by atoms with Gasteiger partial charge >= 0.3 is 6.03 Å². The minimum Gasteiger partial charge on any atom is -0.497 e. The zero-order chi connectivity index (χ0) is 18.7. The lowest BCUT2D eigenvalue weighted by Crippen LogP contribution is -2.27. The fourth-order valence-electron chi connectivity index (χ4n) is 1.53. The molecular weight excluding hydrogens is 390 g/mol. The summed E-state index contributed by atoms with van der Waals surface area (Å²) in [6.07, 6.45) is 10.3. The van der Waals surface area contributed by atoms with E-state index in [0.29, 0.717) is 10.4 Å². The SMILES string of the molecule is C=C/C(=C\C=C\N/C=N/C(=O)N(C=C)Cc1nc(Br)c[nH]c1=O)OC. The second-order valence-corrected chi connectivity index (χ2v) is 5.17. The number of nitrogens with one attached hydrogen (secondary N) is 2. The average molecular weight is 408 g/mol. The number of hydrogen-bond donors (Lipinski definition) is 2. The van der Waals surface area contributed by atoms with Gasteiger partial charge in [-0.3, -0.25) is 9.69 Å². The van der Waals surface area contributed by atoms with Crippen LogP contribution in [0.5, 0.6) is 0 Å². The summed E-state index contributed by atoms with van der Waals surface area (Å²) in [6, 6.07) is -0.601. The number of carbonyl (C=O) groups excluding carboxylic acids is 1. The zero-order valence-electron chi connectivity index (χ0n) is 13.6. The number of urea groups is 1. The topological polar surface area (TPSA) is 99.7 Å². The van der Waals surface area contributed by atoms with Crippen LogP contribution in [0, 0.1) is 0 Å². The van der Waals surface area contributed by atoms with Crippen LogP contribution < -0.4 is 10.9 Å². The molecule has 0 aliphatic heterocycles. The fraction of sp³-hybridized carbons (Fsp3) is 0.125. The molecule has 0 spiro atoms. The molecule has 2 amide bonds. The van der Waals surface area contributed by atoms with Gasteiger partial charge in [-0.15, -0.1) is 0 Å². The Labute approximate surface area is 153 Å². The lowest BCUT2D eigenvalue weighted by molar-refractivity contribution is 0.223. The summed E-state index contributed by atoms with van der Waals surface area (Å²) < 4.78 is 5.44. The summed E-state index contributed by atoms with van der Waals surface area (Å²) >= 11 is 3.15. The van der Waals surface area contributed by atoms with E-state index < -0.39 is 11.6 Å². The van der Waals surface area contributed by atoms with Crippen molar-refractivity contribution >= 4 is 28.3 Å². The van der Waals surface area contributed by atoms with Crippen LogP contribution in [-0.4, -0.2) is 34.3 Å². The van der Waals surface area contributed by atoms with Gasteiger partial charge in [-0.1, -0.05) is 13.2 Å². The van der Waals surface area contributed by atoms with Crippen molar-refractivity contribution in [3.63, 3.8) is 0 Å². The van der Waals surface area contributed by atoms with Crippen molar-refractivity contribution in [1.29, 1.82) is 0 Å². The maximum absolute atomic E-state index is 12.0. The fourth-order valence-corrected chi connectivity index (χ4v) is 1.86. The molecule has 0 aliphatic carbocycles. The first-order chi connectivity index (χ1) is 12.0. The van der Waals surface area contributed by atoms with Crippen LogP contribution >= 0.6 is 15.9 Å². The summed E-state index contributed by atoms with van der Waals surface area (Å²) in [6.45, 7) is 7.07. The average Bonchev–Trinajstić information content (AvgIpc) is 2.61. The molecule has 132 valence electrons. The predicted octanol–water partition coefficient (Wildman–Crippen LogP) is 2.45. The quantitative estimate of drug-likeness (QED) is 0.298. The van der Waals surface area contributed by atoms with E-state index in [1.165, 1.54) is 25.8 Å². The Bertz CT molecular complexity index is 767. The van der Waals surface area contributed by atoms with Crippen LogP contribution in [0.25, 0.3) is 0 Å². The summed E-state index contributed by atoms with van der Waals surface area (Å²) in [5.41, 5.74) is -0.233. The maximum atomic E-state index is 12.0. The van der Waals surface area contributed by atoms with E-state index in [4.69, 9.17) is 4.74 Å². The Balaban J connectivity index is 2.64. The molecule has 1 aromatic heterocycles. The normalized spacial score (nSPS) is 11.5. The monoisotopic (exact) mass is 407 g/mol. The molecule has 0 aromatic carbocycles. The van der Waals surface area contributed by atoms with Crippen LogP contribution in [0.15, 0.2) is 70.1 Å². The molecule has 2 N–H and O–H groups in total. The van der Waals surface area contributed by atoms with Crippen molar-refractivity contribution in [2.75, 3.05) is 7.11 Å². The second kappa shape index (κ2) is 10.8. The molecule has 25 heavy (non-hydrogen) atoms. The molecular formula is C16H18BrN5O3. The van der Waals surface area contributed by atoms with E-state index in [-0.39, 0.29) is 12.2 Å². The first-order valence-electron chi connectivity index (χ1n) is 7.01. The predicted molar refractivity (Wildman–Crippen MR) is 99.8 cm³/mol. The van der Waals surface area contributed by atoms with E-state index >= 15 is 0 Å². The summed E-state index contributed by atoms with van der Waals surface area (Å²) in [5.74, 6) is 0.593. The first-order valence-corrected chi connectivity index (χ1v) is 7.80. The third-order valence-corrected chi connectivity index (χ3v) is 3.16. The molecule has 1 heterocycles. The van der Waals surface area contributed by atoms with Crippen LogP contribution in [0.2, 0.25) is 0 Å². The zero-order valence-corrected chi connectivity index (χ0v) is 15.2. The van der Waals surface area contributed by atoms with Gasteiger partial charge in [0.2, 0.25) is 0 Å². The van der Waals surface area contributed by atoms with Gasteiger partial charge in [0.15, 0.2) is 0 Å². The van der Waals surface area contributed by atoms with Crippen molar-refractivity contribution in [3.8, 4) is 0 Å². The number of H-pyrrole nitrogens is 1. The molecule has 0 aliphatic rings. The molecule has 0 bridgehead atoms. The van der Waals surface area contributed by atoms with E-state index in [0.717, 1.165) is 4.90 Å². The molecule has 0 fully saturated rings. The Morgan fingerprint density at radius 1 is 1.56 bits per heavy atom. The third-order valence-electron chi connectivity index (χ3n) is 2.75. The van der Waals surface area contributed by atoms with Crippen LogP contribution in [0.1, 0.15) is 5.69 Å². The molecule has 1 rings (SSSR count). The molecule has 1 aromatic rings. The van der Waals surface area contributed by atoms with E-state index in [1.807, 2.05) is 0 Å². The van der Waals surface area contributed by atoms with Crippen molar-refractivity contribution < 1.29 is 9.53 Å². The molecule has 0 saturated carbocycles. The van der Waals surface area contributed by atoms with Crippen molar-refractivity contribution in [2.24, 2.45) is 4.99 Å². The Morgan fingerprint density at radius 3 is 2.96 bits per heavy atom. The number of aromatic amines is 1. The molecule has 0 atom stereocenters. The molecule has 0 unspecified atom stereocenters.